The second-order valence-electron chi connectivity index (χ2n) is 6.44. The molecule has 2 amide bonds. The number of nitrogens with one attached hydrogen (secondary N) is 3. The lowest BCUT2D eigenvalue weighted by Crippen LogP contribution is -3.11. The number of rotatable bonds is 7. The Morgan fingerprint density at radius 2 is 1.71 bits per heavy atom. The molecule has 2 rings (SSSR count). The van der Waals surface area contributed by atoms with Gasteiger partial charge >= 0.3 is 5.97 Å². The van der Waals surface area contributed by atoms with Gasteiger partial charge in [-0.2, -0.15) is 0 Å². The first kappa shape index (κ1) is 21.0. The van der Waals surface area contributed by atoms with E-state index >= 15 is 0 Å². The molecule has 1 atom stereocenters. The molecule has 0 aliphatic carbocycles. The Morgan fingerprint density at radius 3 is 2.36 bits per heavy atom. The molecule has 0 saturated carbocycles. The Morgan fingerprint density at radius 1 is 1.04 bits per heavy atom. The molecule has 0 spiro atoms. The first-order valence-electron chi connectivity index (χ1n) is 8.64. The third-order valence-corrected chi connectivity index (χ3v) is 3.97. The van der Waals surface area contributed by atoms with Gasteiger partial charge in [-0.15, -0.1) is 0 Å². The fourth-order valence-electron chi connectivity index (χ4n) is 2.58. The van der Waals surface area contributed by atoms with Crippen molar-refractivity contribution >= 4 is 29.2 Å². The number of methoxy groups -OCH3 is 1. The maximum absolute atomic E-state index is 13.2. The van der Waals surface area contributed by atoms with Crippen molar-refractivity contribution < 1.29 is 28.4 Å². The molecule has 0 aliphatic heterocycles. The third-order valence-electron chi connectivity index (χ3n) is 3.97. The highest BCUT2D eigenvalue weighted by Gasteiger charge is 2.16. The van der Waals surface area contributed by atoms with E-state index in [4.69, 9.17) is 0 Å². The predicted octanol–water partition coefficient (Wildman–Crippen LogP) is 1.01. The maximum atomic E-state index is 13.2. The van der Waals surface area contributed by atoms with Crippen LogP contribution in [0.2, 0.25) is 0 Å². The summed E-state index contributed by atoms with van der Waals surface area (Å²) >= 11 is 0. The predicted molar refractivity (Wildman–Crippen MR) is 103 cm³/mol. The van der Waals surface area contributed by atoms with Gasteiger partial charge in [0.05, 0.1) is 19.7 Å². The minimum absolute atomic E-state index is 0.0329. The molecule has 0 radical (unpaired) electrons. The number of benzene rings is 2. The number of ether oxygens (including phenoxy) is 1. The summed E-state index contributed by atoms with van der Waals surface area (Å²) in [5.41, 5.74) is 1.99. The number of anilines is 2. The second kappa shape index (κ2) is 9.61. The smallest absolute Gasteiger partial charge is 0.337 e. The topological polar surface area (TPSA) is 88.9 Å². The van der Waals surface area contributed by atoms with Gasteiger partial charge in [-0.25, -0.2) is 9.18 Å². The lowest BCUT2D eigenvalue weighted by molar-refractivity contribution is -0.862. The van der Waals surface area contributed by atoms with Crippen molar-refractivity contribution in [3.63, 3.8) is 0 Å². The van der Waals surface area contributed by atoms with E-state index in [9.17, 15) is 18.8 Å². The van der Waals surface area contributed by atoms with Crippen LogP contribution < -0.4 is 15.5 Å². The lowest BCUT2D eigenvalue weighted by Gasteiger charge is -2.15. The Labute approximate surface area is 162 Å². The second-order valence-corrected chi connectivity index (χ2v) is 6.44. The van der Waals surface area contributed by atoms with Crippen LogP contribution in [0, 0.1) is 12.7 Å². The molecule has 0 saturated heterocycles. The van der Waals surface area contributed by atoms with Gasteiger partial charge in [-0.3, -0.25) is 9.59 Å². The van der Waals surface area contributed by atoms with Crippen LogP contribution in [0.4, 0.5) is 15.8 Å². The van der Waals surface area contributed by atoms with Crippen molar-refractivity contribution in [2.24, 2.45) is 0 Å². The molecular weight excluding hydrogens is 365 g/mol. The highest BCUT2D eigenvalue weighted by atomic mass is 19.1. The molecule has 0 heterocycles. The van der Waals surface area contributed by atoms with Crippen LogP contribution in [0.25, 0.3) is 0 Å². The molecule has 28 heavy (non-hydrogen) atoms. The van der Waals surface area contributed by atoms with Crippen LogP contribution in [-0.2, 0) is 14.3 Å². The number of aryl methyl sites for hydroxylation is 1. The Balaban J connectivity index is 1.90. The number of esters is 1. The van der Waals surface area contributed by atoms with Gasteiger partial charge in [0, 0.05) is 11.4 Å². The van der Waals surface area contributed by atoms with Gasteiger partial charge in [0.25, 0.3) is 11.8 Å². The van der Waals surface area contributed by atoms with Gasteiger partial charge in [0.2, 0.25) is 0 Å². The molecule has 2 aromatic carbocycles. The average molecular weight is 388 g/mol. The van der Waals surface area contributed by atoms with Crippen LogP contribution >= 0.6 is 0 Å². The molecule has 0 aliphatic rings. The summed E-state index contributed by atoms with van der Waals surface area (Å²) in [7, 11) is 2.98. The van der Waals surface area contributed by atoms with Gasteiger partial charge in [0.1, 0.15) is 5.82 Å². The number of amides is 2. The van der Waals surface area contributed by atoms with Crippen molar-refractivity contribution in [3.8, 4) is 0 Å². The van der Waals surface area contributed by atoms with Crippen LogP contribution in [0.5, 0.6) is 0 Å². The van der Waals surface area contributed by atoms with Crippen LogP contribution in [0.1, 0.15) is 15.9 Å². The zero-order valence-corrected chi connectivity index (χ0v) is 16.0. The van der Waals surface area contributed by atoms with Gasteiger partial charge in [-0.05, 0) is 42.8 Å². The molecule has 3 N–H and O–H groups in total. The summed E-state index contributed by atoms with van der Waals surface area (Å²) in [5, 5.41) is 5.33. The molecular formula is C20H23FN3O4+. The number of likely N-dealkylation sites (N-methyl/N-ethyl adjacent to an activating group) is 1. The monoisotopic (exact) mass is 388 g/mol. The summed E-state index contributed by atoms with van der Waals surface area (Å²) < 4.78 is 17.8. The number of halogens is 1. The fourth-order valence-corrected chi connectivity index (χ4v) is 2.58. The highest BCUT2D eigenvalue weighted by Crippen LogP contribution is 2.17. The third kappa shape index (κ3) is 6.17. The van der Waals surface area contributed by atoms with Crippen molar-refractivity contribution in [1.29, 1.82) is 0 Å². The van der Waals surface area contributed by atoms with Gasteiger partial charge in [-0.1, -0.05) is 12.1 Å². The minimum atomic E-state index is -0.493. The lowest BCUT2D eigenvalue weighted by atomic mass is 10.1. The number of carbonyl (C=O) groups is 3. The van der Waals surface area contributed by atoms with E-state index in [1.165, 1.54) is 25.3 Å². The van der Waals surface area contributed by atoms with Crippen molar-refractivity contribution in [3.05, 3.63) is 59.4 Å². The standard InChI is InChI=1S/C20H22FN3O4/c1-13-7-8-14(20(27)28-3)9-17(13)23-19(26)12-24(2)11-18(25)22-16-6-4-5-15(21)10-16/h4-10H,11-12H2,1-3H3,(H,22,25)(H,23,26)/p+1. The fraction of sp³-hybridized carbons (Fsp3) is 0.250. The number of hydrogen-bond donors (Lipinski definition) is 3. The molecule has 0 fully saturated rings. The van der Waals surface area contributed by atoms with E-state index in [1.54, 1.807) is 38.2 Å². The van der Waals surface area contributed by atoms with Crippen molar-refractivity contribution in [2.45, 2.75) is 6.92 Å². The summed E-state index contributed by atoms with van der Waals surface area (Å²) in [6.07, 6.45) is 0. The van der Waals surface area contributed by atoms with E-state index in [1.807, 2.05) is 0 Å². The first-order valence-corrected chi connectivity index (χ1v) is 8.64. The zero-order chi connectivity index (χ0) is 20.7. The SMILES string of the molecule is COC(=O)c1ccc(C)c(NC(=O)C[NH+](C)CC(=O)Nc2cccc(F)c2)c1. The summed E-state index contributed by atoms with van der Waals surface area (Å²) in [6, 6.07) is 10.5. The van der Waals surface area contributed by atoms with E-state index in [0.29, 0.717) is 21.8 Å². The van der Waals surface area contributed by atoms with Crippen molar-refractivity contribution in [1.82, 2.24) is 0 Å². The Hall–Kier alpha value is -3.26. The van der Waals surface area contributed by atoms with Crippen molar-refractivity contribution in [2.75, 3.05) is 37.9 Å². The molecule has 0 bridgehead atoms. The molecule has 148 valence electrons. The summed E-state index contributed by atoms with van der Waals surface area (Å²) in [5.74, 6) is -1.57. The largest absolute Gasteiger partial charge is 0.465 e. The molecule has 2 aromatic rings. The minimum Gasteiger partial charge on any atom is -0.465 e. The van der Waals surface area contributed by atoms with E-state index in [2.05, 4.69) is 15.4 Å². The van der Waals surface area contributed by atoms with Gasteiger partial charge < -0.3 is 20.3 Å². The number of quaternary nitrogens is 1. The van der Waals surface area contributed by atoms with Crippen LogP contribution in [0.3, 0.4) is 0 Å². The van der Waals surface area contributed by atoms with Crippen LogP contribution in [-0.4, -0.2) is 45.0 Å². The number of hydrogen-bond acceptors (Lipinski definition) is 4. The summed E-state index contributed by atoms with van der Waals surface area (Å²) in [6.45, 7) is 1.88. The van der Waals surface area contributed by atoms with E-state index in [0.717, 1.165) is 5.56 Å². The summed E-state index contributed by atoms with van der Waals surface area (Å²) in [4.78, 5) is 36.6. The van der Waals surface area contributed by atoms with E-state index in [-0.39, 0.29) is 24.9 Å². The molecule has 1 unspecified atom stereocenters. The molecule has 0 aromatic heterocycles. The maximum Gasteiger partial charge on any atom is 0.337 e. The molecule has 8 heteroatoms. The zero-order valence-electron chi connectivity index (χ0n) is 16.0. The van der Waals surface area contributed by atoms with Crippen LogP contribution in [0.15, 0.2) is 42.5 Å². The van der Waals surface area contributed by atoms with Gasteiger partial charge in [0.15, 0.2) is 13.1 Å². The Bertz CT molecular complexity index is 886. The highest BCUT2D eigenvalue weighted by molar-refractivity contribution is 5.96. The quantitative estimate of drug-likeness (QED) is 0.618. The number of carbonyl (C=O) groups excluding carboxylic acids is 3. The van der Waals surface area contributed by atoms with E-state index < -0.39 is 11.8 Å². The Kier molecular flexibility index (Phi) is 7.22. The average Bonchev–Trinajstić information content (AvgIpc) is 2.62. The normalized spacial score (nSPS) is 11.4. The first-order chi connectivity index (χ1) is 13.3. The molecule has 7 nitrogen and oxygen atoms in total.